The highest BCUT2D eigenvalue weighted by Crippen LogP contribution is 2.29. The van der Waals surface area contributed by atoms with E-state index in [1.165, 1.54) is 23.1 Å². The Morgan fingerprint density at radius 1 is 1.00 bits per heavy atom. The number of carbonyl (C=O) groups excluding carboxylic acids is 2. The normalized spacial score (nSPS) is 14.7. The number of rotatable bonds is 10. The summed E-state index contributed by atoms with van der Waals surface area (Å²) in [4.78, 5) is 28.6. The number of hydrogen-bond donors (Lipinski definition) is 1. The van der Waals surface area contributed by atoms with Crippen molar-refractivity contribution in [2.75, 3.05) is 10.8 Å². The van der Waals surface area contributed by atoms with Crippen molar-refractivity contribution in [2.45, 2.75) is 69.5 Å². The van der Waals surface area contributed by atoms with E-state index < -0.39 is 34.3 Å². The zero-order valence-corrected chi connectivity index (χ0v) is 24.8. The zero-order chi connectivity index (χ0) is 29.6. The first-order valence-electron chi connectivity index (χ1n) is 13.7. The van der Waals surface area contributed by atoms with E-state index in [0.717, 1.165) is 36.4 Å². The Morgan fingerprint density at radius 2 is 1.66 bits per heavy atom. The maximum Gasteiger partial charge on any atom is 0.264 e. The van der Waals surface area contributed by atoms with E-state index in [1.807, 2.05) is 0 Å². The molecule has 0 radical (unpaired) electrons. The summed E-state index contributed by atoms with van der Waals surface area (Å²) in [6.07, 6.45) is 4.88. The predicted octanol–water partition coefficient (Wildman–Crippen LogP) is 5.85. The molecule has 10 heteroatoms. The maximum absolute atomic E-state index is 14.7. The van der Waals surface area contributed by atoms with Crippen LogP contribution in [0.2, 0.25) is 5.02 Å². The molecule has 1 aliphatic rings. The lowest BCUT2D eigenvalue weighted by Crippen LogP contribution is -2.53. The Kier molecular flexibility index (Phi) is 10.0. The number of hydrogen-bond acceptors (Lipinski definition) is 4. The topological polar surface area (TPSA) is 86.8 Å². The van der Waals surface area contributed by atoms with E-state index in [9.17, 15) is 22.4 Å². The number of anilines is 1. The summed E-state index contributed by atoms with van der Waals surface area (Å²) in [5, 5.41) is 3.46. The molecular formula is C31H35ClFN3O4S. The maximum atomic E-state index is 14.7. The van der Waals surface area contributed by atoms with E-state index in [4.69, 9.17) is 11.6 Å². The molecule has 0 bridgehead atoms. The van der Waals surface area contributed by atoms with Gasteiger partial charge in [-0.05, 0) is 68.7 Å². The van der Waals surface area contributed by atoms with Crippen molar-refractivity contribution >= 4 is 39.1 Å². The van der Waals surface area contributed by atoms with Crippen LogP contribution in [0, 0.1) is 12.7 Å². The van der Waals surface area contributed by atoms with Gasteiger partial charge in [-0.1, -0.05) is 67.3 Å². The van der Waals surface area contributed by atoms with Crippen LogP contribution in [0.3, 0.4) is 0 Å². The molecule has 0 unspecified atom stereocenters. The first kappa shape index (κ1) is 30.5. The van der Waals surface area contributed by atoms with Crippen LogP contribution >= 0.6 is 11.6 Å². The van der Waals surface area contributed by atoms with Gasteiger partial charge in [-0.25, -0.2) is 12.8 Å². The molecule has 41 heavy (non-hydrogen) atoms. The third-order valence-corrected chi connectivity index (χ3v) is 9.46. The molecule has 218 valence electrons. The lowest BCUT2D eigenvalue weighted by Gasteiger charge is -2.33. The summed E-state index contributed by atoms with van der Waals surface area (Å²) in [7, 11) is -4.20. The fourth-order valence-electron chi connectivity index (χ4n) is 5.09. The molecule has 1 N–H and O–H groups in total. The van der Waals surface area contributed by atoms with Gasteiger partial charge in [-0.2, -0.15) is 0 Å². The first-order chi connectivity index (χ1) is 19.6. The summed E-state index contributed by atoms with van der Waals surface area (Å²) in [6, 6.07) is 17.6. The first-order valence-corrected chi connectivity index (χ1v) is 15.6. The van der Waals surface area contributed by atoms with Crippen molar-refractivity contribution in [1.29, 1.82) is 0 Å². The molecule has 1 fully saturated rings. The minimum Gasteiger partial charge on any atom is -0.352 e. The lowest BCUT2D eigenvalue weighted by molar-refractivity contribution is -0.139. The van der Waals surface area contributed by atoms with Gasteiger partial charge in [0, 0.05) is 23.2 Å². The van der Waals surface area contributed by atoms with Crippen LogP contribution in [0.25, 0.3) is 0 Å². The molecule has 2 amide bonds. The second-order valence-corrected chi connectivity index (χ2v) is 12.7. The van der Waals surface area contributed by atoms with E-state index in [2.05, 4.69) is 5.32 Å². The molecule has 4 rings (SSSR count). The van der Waals surface area contributed by atoms with Crippen LogP contribution in [0.1, 0.15) is 50.2 Å². The van der Waals surface area contributed by atoms with Gasteiger partial charge >= 0.3 is 0 Å². The predicted molar refractivity (Wildman–Crippen MR) is 159 cm³/mol. The fourth-order valence-corrected chi connectivity index (χ4v) is 6.82. The fraction of sp³-hybridized carbons (Fsp3) is 0.355. The van der Waals surface area contributed by atoms with Gasteiger partial charge in [0.15, 0.2) is 0 Å². The number of carbonyl (C=O) groups is 2. The minimum atomic E-state index is -4.20. The second kappa shape index (κ2) is 13.5. The molecule has 0 saturated heterocycles. The van der Waals surface area contributed by atoms with Crippen LogP contribution in [0.4, 0.5) is 10.1 Å². The zero-order valence-electron chi connectivity index (χ0n) is 23.2. The molecule has 1 saturated carbocycles. The van der Waals surface area contributed by atoms with Crippen molar-refractivity contribution in [3.05, 3.63) is 94.8 Å². The van der Waals surface area contributed by atoms with Crippen molar-refractivity contribution < 1.29 is 22.4 Å². The summed E-state index contributed by atoms with van der Waals surface area (Å²) < 4.78 is 43.5. The highest BCUT2D eigenvalue weighted by Gasteiger charge is 2.34. The largest absolute Gasteiger partial charge is 0.352 e. The quantitative estimate of drug-likeness (QED) is 0.317. The van der Waals surface area contributed by atoms with E-state index >= 15 is 0 Å². The van der Waals surface area contributed by atoms with Gasteiger partial charge in [0.05, 0.1) is 10.6 Å². The molecule has 0 aromatic heterocycles. The van der Waals surface area contributed by atoms with Gasteiger partial charge in [-0.3, -0.25) is 13.9 Å². The average Bonchev–Trinajstić information content (AvgIpc) is 2.96. The Morgan fingerprint density at radius 3 is 2.32 bits per heavy atom. The lowest BCUT2D eigenvalue weighted by atomic mass is 9.95. The average molecular weight is 600 g/mol. The summed E-state index contributed by atoms with van der Waals surface area (Å²) in [5.41, 5.74) is 1.05. The van der Waals surface area contributed by atoms with Gasteiger partial charge < -0.3 is 10.2 Å². The van der Waals surface area contributed by atoms with Crippen molar-refractivity contribution in [3.63, 3.8) is 0 Å². The smallest absolute Gasteiger partial charge is 0.264 e. The Hall–Kier alpha value is -3.43. The number of aryl methyl sites for hydroxylation is 1. The highest BCUT2D eigenvalue weighted by atomic mass is 35.5. The van der Waals surface area contributed by atoms with Crippen LogP contribution in [0.5, 0.6) is 0 Å². The van der Waals surface area contributed by atoms with Crippen LogP contribution < -0.4 is 9.62 Å². The summed E-state index contributed by atoms with van der Waals surface area (Å²) >= 11 is 6.15. The summed E-state index contributed by atoms with van der Waals surface area (Å²) in [5.74, 6) is -1.53. The van der Waals surface area contributed by atoms with Crippen LogP contribution in [0.15, 0.2) is 77.7 Å². The molecular weight excluding hydrogens is 565 g/mol. The molecule has 7 nitrogen and oxygen atoms in total. The van der Waals surface area contributed by atoms with Gasteiger partial charge in [0.25, 0.3) is 10.0 Å². The number of amides is 2. The molecule has 0 aliphatic heterocycles. The third kappa shape index (κ3) is 7.45. The molecule has 3 aromatic rings. The molecule has 0 heterocycles. The molecule has 0 spiro atoms. The third-order valence-electron chi connectivity index (χ3n) is 7.45. The number of nitrogens with zero attached hydrogens (tertiary/aromatic N) is 2. The minimum absolute atomic E-state index is 0.00546. The van der Waals surface area contributed by atoms with Gasteiger partial charge in [0.2, 0.25) is 11.8 Å². The number of nitrogens with one attached hydrogen (secondary N) is 1. The van der Waals surface area contributed by atoms with Gasteiger partial charge in [0.1, 0.15) is 18.4 Å². The van der Waals surface area contributed by atoms with Gasteiger partial charge in [-0.15, -0.1) is 0 Å². The van der Waals surface area contributed by atoms with E-state index in [1.54, 1.807) is 68.4 Å². The number of halogens is 2. The SMILES string of the molecule is Cc1cc(Cl)ccc1N(CC(=O)N(Cc1ccccc1F)[C@@H](C)C(=O)NC1CCCCC1)S(=O)(=O)c1ccccc1. The number of sulfonamides is 1. The Balaban J connectivity index is 1.70. The Labute approximate surface area is 246 Å². The molecule has 1 aliphatic carbocycles. The van der Waals surface area contributed by atoms with Crippen molar-refractivity contribution in [3.8, 4) is 0 Å². The van der Waals surface area contributed by atoms with E-state index in [-0.39, 0.29) is 34.6 Å². The summed E-state index contributed by atoms with van der Waals surface area (Å²) in [6.45, 7) is 2.48. The highest BCUT2D eigenvalue weighted by molar-refractivity contribution is 7.92. The monoisotopic (exact) mass is 599 g/mol. The number of benzene rings is 3. The standard InChI is InChI=1S/C31H35ClFN3O4S/c1-22-19-25(32)17-18-29(22)36(41(39,40)27-14-7-4-8-15-27)21-30(37)35(20-24-11-9-10-16-28(24)33)23(2)31(38)34-26-12-5-3-6-13-26/h4,7-11,14-19,23,26H,3,5-6,12-13,20-21H2,1-2H3,(H,34,38)/t23-/m0/s1. The van der Waals surface area contributed by atoms with E-state index in [0.29, 0.717) is 10.6 Å². The molecule has 1 atom stereocenters. The van der Waals surface area contributed by atoms with Crippen molar-refractivity contribution in [2.24, 2.45) is 0 Å². The molecule has 3 aromatic carbocycles. The van der Waals surface area contributed by atoms with Crippen LogP contribution in [-0.4, -0.2) is 43.8 Å². The Bertz CT molecular complexity index is 1480. The van der Waals surface area contributed by atoms with Crippen LogP contribution in [-0.2, 0) is 26.2 Å². The van der Waals surface area contributed by atoms with Crippen molar-refractivity contribution in [1.82, 2.24) is 10.2 Å². The second-order valence-electron chi connectivity index (χ2n) is 10.4.